The van der Waals surface area contributed by atoms with E-state index in [0.29, 0.717) is 55.1 Å². The van der Waals surface area contributed by atoms with Crippen LogP contribution in [-0.4, -0.2) is 64.7 Å². The Morgan fingerprint density at radius 2 is 2.19 bits per heavy atom. The quantitative estimate of drug-likeness (QED) is 0.671. The van der Waals surface area contributed by atoms with Crippen molar-refractivity contribution >= 4 is 17.6 Å². The van der Waals surface area contributed by atoms with Crippen molar-refractivity contribution in [2.24, 2.45) is 5.92 Å². The average Bonchev–Trinajstić information content (AvgIpc) is 3.20. The van der Waals surface area contributed by atoms with Crippen LogP contribution in [0, 0.1) is 5.92 Å². The number of rotatable bonds is 8. The summed E-state index contributed by atoms with van der Waals surface area (Å²) in [6.45, 7) is 7.39. The van der Waals surface area contributed by atoms with Crippen LogP contribution in [0.5, 0.6) is 5.75 Å². The number of urea groups is 1. The fourth-order valence-electron chi connectivity index (χ4n) is 3.94. The molecule has 174 valence electrons. The zero-order valence-electron chi connectivity index (χ0n) is 19.3. The van der Waals surface area contributed by atoms with Crippen molar-refractivity contribution in [2.75, 3.05) is 32.1 Å². The topological polar surface area (TPSA) is 101 Å². The summed E-state index contributed by atoms with van der Waals surface area (Å²) < 4.78 is 10.5. The van der Waals surface area contributed by atoms with E-state index in [9.17, 15) is 9.59 Å². The summed E-state index contributed by atoms with van der Waals surface area (Å²) >= 11 is 0. The molecule has 1 saturated heterocycles. The van der Waals surface area contributed by atoms with Crippen LogP contribution in [0.15, 0.2) is 28.8 Å². The summed E-state index contributed by atoms with van der Waals surface area (Å²) in [4.78, 5) is 33.2. The van der Waals surface area contributed by atoms with Crippen LogP contribution in [0.25, 0.3) is 0 Å². The fourth-order valence-corrected chi connectivity index (χ4v) is 3.94. The first-order valence-electron chi connectivity index (χ1n) is 11.1. The molecule has 2 heterocycles. The molecular formula is C23H33N5O4. The number of piperidine rings is 1. The molecule has 1 N–H and O–H groups in total. The molecule has 1 fully saturated rings. The van der Waals surface area contributed by atoms with E-state index in [0.717, 1.165) is 19.3 Å². The Morgan fingerprint density at radius 3 is 2.91 bits per heavy atom. The molecule has 1 aromatic carbocycles. The molecule has 0 radical (unpaired) electrons. The maximum absolute atomic E-state index is 12.8. The Kier molecular flexibility index (Phi) is 8.08. The molecule has 9 nitrogen and oxygen atoms in total. The summed E-state index contributed by atoms with van der Waals surface area (Å²) in [7, 11) is 1.59. The number of aromatic nitrogens is 2. The van der Waals surface area contributed by atoms with Gasteiger partial charge in [0.25, 0.3) is 0 Å². The SMILES string of the molecule is COc1cccc(NC(=O)N2CCCC(N(CCc3noc(CC(C)C)n3)C(C)=O)C2)c1. The molecule has 1 aliphatic rings. The van der Waals surface area contributed by atoms with Crippen LogP contribution < -0.4 is 10.1 Å². The van der Waals surface area contributed by atoms with Gasteiger partial charge in [-0.05, 0) is 30.9 Å². The second kappa shape index (κ2) is 11.0. The number of carbonyl (C=O) groups is 2. The summed E-state index contributed by atoms with van der Waals surface area (Å²) in [6, 6.07) is 7.03. The molecule has 0 saturated carbocycles. The van der Waals surface area contributed by atoms with Crippen LogP contribution in [0.2, 0.25) is 0 Å². The van der Waals surface area contributed by atoms with Crippen molar-refractivity contribution in [2.45, 2.75) is 52.5 Å². The monoisotopic (exact) mass is 443 g/mol. The summed E-state index contributed by atoms with van der Waals surface area (Å²) in [5, 5.41) is 6.96. The second-order valence-electron chi connectivity index (χ2n) is 8.57. The fraction of sp³-hybridized carbons (Fsp3) is 0.565. The predicted octanol–water partition coefficient (Wildman–Crippen LogP) is 3.36. The number of likely N-dealkylation sites (tertiary alicyclic amines) is 1. The van der Waals surface area contributed by atoms with Gasteiger partial charge in [-0.2, -0.15) is 4.98 Å². The van der Waals surface area contributed by atoms with E-state index < -0.39 is 0 Å². The Hall–Kier alpha value is -3.10. The van der Waals surface area contributed by atoms with E-state index in [-0.39, 0.29) is 18.0 Å². The van der Waals surface area contributed by atoms with Gasteiger partial charge in [0.05, 0.1) is 7.11 Å². The highest BCUT2D eigenvalue weighted by atomic mass is 16.5. The standard InChI is InChI=1S/C23H33N5O4/c1-16(2)13-22-25-21(26-32-22)10-12-28(17(3)29)19-8-6-11-27(15-19)23(30)24-18-7-5-9-20(14-18)31-4/h5,7,9,14,16,19H,6,8,10-13,15H2,1-4H3,(H,24,30). The zero-order chi connectivity index (χ0) is 23.1. The molecule has 2 aromatic rings. The number of ether oxygens (including phenoxy) is 1. The van der Waals surface area contributed by atoms with Crippen molar-refractivity contribution in [3.63, 3.8) is 0 Å². The molecule has 3 rings (SSSR count). The van der Waals surface area contributed by atoms with E-state index in [2.05, 4.69) is 29.3 Å². The number of amides is 3. The number of hydrogen-bond donors (Lipinski definition) is 1. The highest BCUT2D eigenvalue weighted by Crippen LogP contribution is 2.20. The number of nitrogens with one attached hydrogen (secondary N) is 1. The second-order valence-corrected chi connectivity index (χ2v) is 8.57. The zero-order valence-corrected chi connectivity index (χ0v) is 19.3. The minimum Gasteiger partial charge on any atom is -0.497 e. The molecule has 1 unspecified atom stereocenters. The van der Waals surface area contributed by atoms with E-state index in [1.165, 1.54) is 0 Å². The van der Waals surface area contributed by atoms with Gasteiger partial charge < -0.3 is 24.4 Å². The van der Waals surface area contributed by atoms with Crippen LogP contribution in [0.3, 0.4) is 0 Å². The minimum absolute atomic E-state index is 0.0176. The highest BCUT2D eigenvalue weighted by Gasteiger charge is 2.29. The summed E-state index contributed by atoms with van der Waals surface area (Å²) in [5.41, 5.74) is 0.675. The third kappa shape index (κ3) is 6.45. The molecule has 1 aliphatic heterocycles. The Labute approximate surface area is 189 Å². The van der Waals surface area contributed by atoms with E-state index in [4.69, 9.17) is 9.26 Å². The summed E-state index contributed by atoms with van der Waals surface area (Å²) in [6.07, 6.45) is 2.95. The smallest absolute Gasteiger partial charge is 0.321 e. The van der Waals surface area contributed by atoms with Crippen molar-refractivity contribution < 1.29 is 18.8 Å². The van der Waals surface area contributed by atoms with Crippen LogP contribution in [0.4, 0.5) is 10.5 Å². The molecule has 9 heteroatoms. The number of methoxy groups -OCH3 is 1. The largest absolute Gasteiger partial charge is 0.497 e. The lowest BCUT2D eigenvalue weighted by Crippen LogP contribution is -2.52. The molecule has 1 atom stereocenters. The maximum atomic E-state index is 12.8. The van der Waals surface area contributed by atoms with Gasteiger partial charge >= 0.3 is 6.03 Å². The highest BCUT2D eigenvalue weighted by molar-refractivity contribution is 5.89. The van der Waals surface area contributed by atoms with Gasteiger partial charge in [0.2, 0.25) is 11.8 Å². The molecule has 32 heavy (non-hydrogen) atoms. The lowest BCUT2D eigenvalue weighted by Gasteiger charge is -2.39. The lowest BCUT2D eigenvalue weighted by atomic mass is 10.0. The molecular weight excluding hydrogens is 410 g/mol. The van der Waals surface area contributed by atoms with Gasteiger partial charge in [0.15, 0.2) is 5.82 Å². The third-order valence-corrected chi connectivity index (χ3v) is 5.52. The molecule has 0 bridgehead atoms. The number of carbonyl (C=O) groups excluding carboxylic acids is 2. The van der Waals surface area contributed by atoms with Gasteiger partial charge in [-0.3, -0.25) is 4.79 Å². The van der Waals surface area contributed by atoms with Gasteiger partial charge in [-0.15, -0.1) is 0 Å². The number of hydrogen-bond acceptors (Lipinski definition) is 6. The first kappa shape index (κ1) is 23.6. The Morgan fingerprint density at radius 1 is 1.38 bits per heavy atom. The maximum Gasteiger partial charge on any atom is 0.321 e. The van der Waals surface area contributed by atoms with E-state index in [1.54, 1.807) is 25.0 Å². The van der Waals surface area contributed by atoms with Crippen molar-refractivity contribution in [3.8, 4) is 5.75 Å². The van der Waals surface area contributed by atoms with Crippen molar-refractivity contribution in [3.05, 3.63) is 36.0 Å². The summed E-state index contributed by atoms with van der Waals surface area (Å²) in [5.74, 6) is 2.34. The third-order valence-electron chi connectivity index (χ3n) is 5.52. The lowest BCUT2D eigenvalue weighted by molar-refractivity contribution is -0.132. The number of nitrogens with zero attached hydrogens (tertiary/aromatic N) is 4. The number of benzene rings is 1. The van der Waals surface area contributed by atoms with Gasteiger partial charge in [0.1, 0.15) is 5.75 Å². The van der Waals surface area contributed by atoms with Crippen LogP contribution in [-0.2, 0) is 17.6 Å². The van der Waals surface area contributed by atoms with Gasteiger partial charge in [-0.1, -0.05) is 25.1 Å². The molecule has 1 aromatic heterocycles. The van der Waals surface area contributed by atoms with Crippen LogP contribution >= 0.6 is 0 Å². The molecule has 0 aliphatic carbocycles. The first-order valence-corrected chi connectivity index (χ1v) is 11.1. The van der Waals surface area contributed by atoms with Crippen molar-refractivity contribution in [1.29, 1.82) is 0 Å². The first-order chi connectivity index (χ1) is 15.4. The Bertz CT molecular complexity index is 913. The van der Waals surface area contributed by atoms with E-state index >= 15 is 0 Å². The van der Waals surface area contributed by atoms with E-state index in [1.807, 2.05) is 23.1 Å². The van der Waals surface area contributed by atoms with Crippen molar-refractivity contribution in [1.82, 2.24) is 19.9 Å². The molecule has 0 spiro atoms. The number of anilines is 1. The average molecular weight is 444 g/mol. The normalized spacial score (nSPS) is 16.2. The molecule has 3 amide bonds. The Balaban J connectivity index is 1.58. The predicted molar refractivity (Wildman–Crippen MR) is 121 cm³/mol. The van der Waals surface area contributed by atoms with Gasteiger partial charge in [0, 0.05) is 57.2 Å². The van der Waals surface area contributed by atoms with Gasteiger partial charge in [-0.25, -0.2) is 4.79 Å². The minimum atomic E-state index is -0.178. The van der Waals surface area contributed by atoms with Crippen LogP contribution in [0.1, 0.15) is 45.3 Å².